The lowest BCUT2D eigenvalue weighted by Gasteiger charge is -2.51. The fourth-order valence-corrected chi connectivity index (χ4v) is 9.71. The molecule has 34 nitrogen and oxygen atoms in total. The first kappa shape index (κ1) is 62.5. The number of hydrogen-bond donors (Lipinski definition) is 20. The molecule has 0 aromatic rings. The van der Waals surface area contributed by atoms with Crippen molar-refractivity contribution in [1.29, 1.82) is 0 Å². The molecule has 20 N–H and O–H groups in total. The van der Waals surface area contributed by atoms with Crippen molar-refractivity contribution in [2.45, 2.75) is 205 Å². The van der Waals surface area contributed by atoms with Crippen molar-refractivity contribution in [2.75, 3.05) is 39.6 Å². The summed E-state index contributed by atoms with van der Waals surface area (Å²) in [5.41, 5.74) is 0. The molecule has 0 aliphatic carbocycles. The normalized spacial score (nSPS) is 48.2. The van der Waals surface area contributed by atoms with Gasteiger partial charge in [0, 0.05) is 20.8 Å². The predicted molar refractivity (Wildman–Crippen MR) is 234 cm³/mol. The fraction of sp³-hybridized carbons (Fsp3) is 0.929. The van der Waals surface area contributed by atoms with E-state index in [0.717, 1.165) is 20.8 Å². The lowest BCUT2D eigenvalue weighted by atomic mass is 9.93. The first-order valence-electron chi connectivity index (χ1n) is 24.1. The van der Waals surface area contributed by atoms with Gasteiger partial charge in [0.1, 0.15) is 146 Å². The van der Waals surface area contributed by atoms with Gasteiger partial charge in [-0.3, -0.25) is 14.4 Å². The van der Waals surface area contributed by atoms with Gasteiger partial charge in [0.15, 0.2) is 37.7 Å². The van der Waals surface area contributed by atoms with Crippen molar-refractivity contribution < 1.29 is 153 Å². The second-order valence-corrected chi connectivity index (χ2v) is 19.0. The Morgan fingerprint density at radius 2 is 0.632 bits per heavy atom. The summed E-state index contributed by atoms with van der Waals surface area (Å²) in [4.78, 5) is 36.9. The monoisotopic (exact) mass is 1110 g/mol. The fourth-order valence-electron chi connectivity index (χ4n) is 9.71. The van der Waals surface area contributed by atoms with Crippen molar-refractivity contribution in [3.05, 3.63) is 0 Å². The first-order chi connectivity index (χ1) is 35.9. The Kier molecular flexibility index (Phi) is 22.3. The van der Waals surface area contributed by atoms with Crippen molar-refractivity contribution >= 4 is 17.7 Å². The van der Waals surface area contributed by atoms with Crippen LogP contribution in [0.4, 0.5) is 0 Å². The summed E-state index contributed by atoms with van der Waals surface area (Å²) in [6, 6.07) is -5.03. The SMILES string of the molecule is CC(=O)NC1C(O)OC(CO)C(OC2OC(CO)C(OC3OC(CO)C(O)[C@H](OC4OC(CO)C(O)C(O)C4OC4OC(CO)C(OC5OC(CO)[C@H](O)[C@H](O)C5O)[C@H](O)C4NC(C)=O)C3O)[C@H](O)C2NC(C)=O)[C@@H]1O. The third kappa shape index (κ3) is 13.5. The number of ether oxygens (including phenoxy) is 11. The van der Waals surface area contributed by atoms with E-state index in [4.69, 9.17) is 52.1 Å². The minimum absolute atomic E-state index is 0.709. The summed E-state index contributed by atoms with van der Waals surface area (Å²) in [7, 11) is 0. The maximum Gasteiger partial charge on any atom is 0.217 e. The van der Waals surface area contributed by atoms with Crippen LogP contribution in [-0.2, 0) is 66.5 Å². The molecule has 76 heavy (non-hydrogen) atoms. The van der Waals surface area contributed by atoms with E-state index in [1.165, 1.54) is 0 Å². The van der Waals surface area contributed by atoms with Gasteiger partial charge in [-0.2, -0.15) is 0 Å². The highest BCUT2D eigenvalue weighted by atomic mass is 16.8. The number of aliphatic hydroxyl groups is 17. The van der Waals surface area contributed by atoms with Gasteiger partial charge in [0.2, 0.25) is 17.7 Å². The number of aliphatic hydroxyl groups excluding tert-OH is 17. The summed E-state index contributed by atoms with van der Waals surface area (Å²) in [5.74, 6) is -2.38. The first-order valence-corrected chi connectivity index (χ1v) is 24.1. The Bertz CT molecular complexity index is 1870. The van der Waals surface area contributed by atoms with Gasteiger partial charge >= 0.3 is 0 Å². The van der Waals surface area contributed by atoms with E-state index in [-0.39, 0.29) is 0 Å². The zero-order valence-corrected chi connectivity index (χ0v) is 40.9. The zero-order chi connectivity index (χ0) is 56.2. The number of amides is 3. The molecule has 24 unspecified atom stereocenters. The van der Waals surface area contributed by atoms with Gasteiger partial charge in [-0.15, -0.1) is 0 Å². The molecule has 6 aliphatic rings. The molecule has 6 saturated heterocycles. The van der Waals surface area contributed by atoms with E-state index in [1.54, 1.807) is 0 Å². The second kappa shape index (κ2) is 27.2. The predicted octanol–water partition coefficient (Wildman–Crippen LogP) is -13.7. The summed E-state index contributed by atoms with van der Waals surface area (Å²) < 4.78 is 63.5. The Labute approximate surface area is 431 Å². The van der Waals surface area contributed by atoms with Crippen LogP contribution in [-0.4, -0.2) is 328 Å². The average Bonchev–Trinajstić information content (AvgIpc) is 3.37. The maximum atomic E-state index is 12.5. The highest BCUT2D eigenvalue weighted by Gasteiger charge is 2.58. The van der Waals surface area contributed by atoms with Crippen LogP contribution in [0.2, 0.25) is 0 Å². The van der Waals surface area contributed by atoms with Gasteiger partial charge in [-0.1, -0.05) is 0 Å². The topological polar surface area (TPSA) is 533 Å². The summed E-state index contributed by atoms with van der Waals surface area (Å²) >= 11 is 0. The molecule has 6 aliphatic heterocycles. The molecule has 6 fully saturated rings. The molecule has 0 radical (unpaired) electrons. The van der Waals surface area contributed by atoms with Gasteiger partial charge < -0.3 is 155 Å². The van der Waals surface area contributed by atoms with Crippen molar-refractivity contribution in [1.82, 2.24) is 16.0 Å². The van der Waals surface area contributed by atoms with E-state index in [9.17, 15) is 101 Å². The minimum Gasteiger partial charge on any atom is -0.394 e. The maximum absolute atomic E-state index is 12.5. The zero-order valence-electron chi connectivity index (χ0n) is 40.9. The molecular weight excluding hydrogens is 1040 g/mol. The van der Waals surface area contributed by atoms with E-state index in [1.807, 2.05) is 0 Å². The molecule has 440 valence electrons. The van der Waals surface area contributed by atoms with Gasteiger partial charge in [-0.25, -0.2) is 0 Å². The standard InChI is InChI=1S/C42H71N3O31/c1-10(52)43-19-25(58)32(16(7-49)66-37(19)65)72-38-20(44-11(2)53)26(59)34(18(9-51)70-38)74-41-31(64)35(24(57)15(6-48)68-41)75-42-36(29(62)23(56)14(5-47)69-42)76-39-21(45-12(3)54)27(60)33(17(8-50)71-39)73-40-30(63)28(61)22(55)13(4-46)67-40/h13-42,46-51,55-65H,4-9H2,1-3H3,(H,43,52)(H,44,53)(H,45,54)/t13?,14?,15?,16?,17?,18?,19?,20?,21?,22-,23?,24?,25+,26+,27+,28-,29?,30?,31?,32?,33?,34?,35-,36?,37?,38?,39?,40?,41?,42?/m0/s1. The molecule has 6 rings (SSSR count). The second-order valence-electron chi connectivity index (χ2n) is 19.0. The van der Waals surface area contributed by atoms with Crippen molar-refractivity contribution in [3.63, 3.8) is 0 Å². The third-order valence-electron chi connectivity index (χ3n) is 13.6. The molecule has 0 bridgehead atoms. The smallest absolute Gasteiger partial charge is 0.217 e. The molecule has 30 atom stereocenters. The molecule has 0 aromatic heterocycles. The molecule has 34 heteroatoms. The lowest BCUT2D eigenvalue weighted by molar-refractivity contribution is -0.395. The molecular formula is C42H71N3O31. The van der Waals surface area contributed by atoms with Gasteiger partial charge in [0.25, 0.3) is 0 Å². The van der Waals surface area contributed by atoms with Gasteiger partial charge in [0.05, 0.1) is 39.6 Å². The van der Waals surface area contributed by atoms with E-state index < -0.39 is 241 Å². The lowest BCUT2D eigenvalue weighted by Crippen LogP contribution is -2.70. The van der Waals surface area contributed by atoms with E-state index >= 15 is 0 Å². The quantitative estimate of drug-likeness (QED) is 0.0571. The minimum atomic E-state index is -2.27. The van der Waals surface area contributed by atoms with Crippen LogP contribution in [0.25, 0.3) is 0 Å². The van der Waals surface area contributed by atoms with Crippen LogP contribution < -0.4 is 16.0 Å². The van der Waals surface area contributed by atoms with E-state index in [0.29, 0.717) is 0 Å². The van der Waals surface area contributed by atoms with Crippen LogP contribution in [0.15, 0.2) is 0 Å². The number of rotatable bonds is 19. The molecule has 0 saturated carbocycles. The van der Waals surface area contributed by atoms with Crippen molar-refractivity contribution in [3.8, 4) is 0 Å². The number of nitrogens with one attached hydrogen (secondary N) is 3. The largest absolute Gasteiger partial charge is 0.394 e. The van der Waals surface area contributed by atoms with Crippen LogP contribution in [0.5, 0.6) is 0 Å². The number of carbonyl (C=O) groups excluding carboxylic acids is 3. The molecule has 0 spiro atoms. The summed E-state index contributed by atoms with van der Waals surface area (Å²) in [6.07, 6.45) is -51.5. The number of hydrogen-bond acceptors (Lipinski definition) is 31. The third-order valence-corrected chi connectivity index (χ3v) is 13.6. The summed E-state index contributed by atoms with van der Waals surface area (Å²) in [5, 5.41) is 190. The van der Waals surface area contributed by atoms with Gasteiger partial charge in [-0.05, 0) is 0 Å². The van der Waals surface area contributed by atoms with Crippen LogP contribution in [0, 0.1) is 0 Å². The average molecular weight is 1110 g/mol. The van der Waals surface area contributed by atoms with E-state index in [2.05, 4.69) is 16.0 Å². The molecule has 6 heterocycles. The highest BCUT2D eigenvalue weighted by Crippen LogP contribution is 2.37. The van der Waals surface area contributed by atoms with Crippen LogP contribution in [0.3, 0.4) is 0 Å². The Balaban J connectivity index is 1.24. The highest BCUT2D eigenvalue weighted by molar-refractivity contribution is 5.74. The Morgan fingerprint density at radius 1 is 0.316 bits per heavy atom. The summed E-state index contributed by atoms with van der Waals surface area (Å²) in [6.45, 7) is -2.79. The Hall–Kier alpha value is -2.71. The Morgan fingerprint density at radius 3 is 1.07 bits per heavy atom. The van der Waals surface area contributed by atoms with Crippen LogP contribution >= 0.6 is 0 Å². The van der Waals surface area contributed by atoms with Crippen LogP contribution in [0.1, 0.15) is 20.8 Å². The van der Waals surface area contributed by atoms with Crippen molar-refractivity contribution in [2.24, 2.45) is 0 Å². The molecule has 0 aromatic carbocycles. The number of carbonyl (C=O) groups is 3. The molecule has 3 amide bonds.